The van der Waals surface area contributed by atoms with Crippen molar-refractivity contribution in [3.05, 3.63) is 76.7 Å². The second kappa shape index (κ2) is 7.97. The van der Waals surface area contributed by atoms with Crippen LogP contribution < -0.4 is 4.90 Å². The number of rotatable bonds is 5. The van der Waals surface area contributed by atoms with Gasteiger partial charge in [-0.25, -0.2) is 14.4 Å². The van der Waals surface area contributed by atoms with Crippen molar-refractivity contribution in [2.24, 2.45) is 11.1 Å². The van der Waals surface area contributed by atoms with Gasteiger partial charge in [-0.05, 0) is 43.0 Å². The highest BCUT2D eigenvalue weighted by Crippen LogP contribution is 2.57. The molecule has 1 aliphatic carbocycles. The van der Waals surface area contributed by atoms with Crippen LogP contribution in [-0.4, -0.2) is 47.0 Å². The van der Waals surface area contributed by atoms with E-state index in [0.717, 1.165) is 31.5 Å². The molecule has 1 saturated heterocycles. The van der Waals surface area contributed by atoms with E-state index in [0.29, 0.717) is 35.7 Å². The number of carbonyl (C=O) groups is 1. The van der Waals surface area contributed by atoms with E-state index in [-0.39, 0.29) is 29.6 Å². The largest absolute Gasteiger partial charge is 0.338 e. The Balaban J connectivity index is 1.29. The van der Waals surface area contributed by atoms with E-state index in [1.165, 1.54) is 11.6 Å². The smallest absolute Gasteiger partial charge is 0.253 e. The second-order valence-electron chi connectivity index (χ2n) is 9.57. The Morgan fingerprint density at radius 3 is 2.68 bits per heavy atom. The Morgan fingerprint density at radius 1 is 1.15 bits per heavy atom. The quantitative estimate of drug-likeness (QED) is 0.519. The van der Waals surface area contributed by atoms with Gasteiger partial charge in [-0.2, -0.15) is 4.91 Å². The van der Waals surface area contributed by atoms with Crippen molar-refractivity contribution >= 4 is 17.5 Å². The van der Waals surface area contributed by atoms with Gasteiger partial charge in [-0.3, -0.25) is 4.79 Å². The SMILES string of the molecule is O=NCC1CCN(C(=O)c2ccc3c(c2)N(c2ncc(-c4ccccc4F)cn2)CC32CC2)C1. The fourth-order valence-electron chi connectivity index (χ4n) is 5.32. The van der Waals surface area contributed by atoms with Crippen LogP contribution >= 0.6 is 0 Å². The van der Waals surface area contributed by atoms with Crippen LogP contribution in [0.5, 0.6) is 0 Å². The number of fused-ring (bicyclic) bond motifs is 2. The molecule has 1 saturated carbocycles. The molecule has 34 heavy (non-hydrogen) atoms. The molecular formula is C26H24FN5O2. The molecule has 2 aliphatic heterocycles. The van der Waals surface area contributed by atoms with E-state index in [1.807, 2.05) is 17.0 Å². The molecule has 2 fully saturated rings. The number of anilines is 2. The van der Waals surface area contributed by atoms with Gasteiger partial charge in [0.25, 0.3) is 5.91 Å². The minimum atomic E-state index is -0.307. The second-order valence-corrected chi connectivity index (χ2v) is 9.57. The van der Waals surface area contributed by atoms with Crippen molar-refractivity contribution in [3.8, 4) is 11.1 Å². The Labute approximate surface area is 196 Å². The molecule has 3 aliphatic rings. The van der Waals surface area contributed by atoms with Crippen LogP contribution in [0.2, 0.25) is 0 Å². The first-order valence-corrected chi connectivity index (χ1v) is 11.7. The van der Waals surface area contributed by atoms with Gasteiger partial charge in [0.1, 0.15) is 5.82 Å². The maximum absolute atomic E-state index is 14.2. The summed E-state index contributed by atoms with van der Waals surface area (Å²) in [6.45, 7) is 2.24. The summed E-state index contributed by atoms with van der Waals surface area (Å²) in [5.74, 6) is 0.360. The fraction of sp³-hybridized carbons (Fsp3) is 0.346. The lowest BCUT2D eigenvalue weighted by molar-refractivity contribution is 0.0787. The maximum atomic E-state index is 14.2. The number of nitroso groups, excluding NO2 is 1. The molecule has 172 valence electrons. The van der Waals surface area contributed by atoms with E-state index in [9.17, 15) is 14.1 Å². The predicted molar refractivity (Wildman–Crippen MR) is 126 cm³/mol. The number of hydrogen-bond donors (Lipinski definition) is 0. The van der Waals surface area contributed by atoms with Crippen LogP contribution in [0.15, 0.2) is 60.0 Å². The van der Waals surface area contributed by atoms with Crippen molar-refractivity contribution in [3.63, 3.8) is 0 Å². The van der Waals surface area contributed by atoms with Crippen LogP contribution in [0, 0.1) is 16.6 Å². The first kappa shape index (κ1) is 20.9. The number of amides is 1. The third-order valence-corrected chi connectivity index (χ3v) is 7.39. The Morgan fingerprint density at radius 2 is 1.94 bits per heavy atom. The average Bonchev–Trinajstić information content (AvgIpc) is 3.37. The van der Waals surface area contributed by atoms with Crippen LogP contribution in [0.25, 0.3) is 11.1 Å². The highest BCUT2D eigenvalue weighted by Gasteiger charge is 2.52. The summed E-state index contributed by atoms with van der Waals surface area (Å²) in [5, 5.41) is 3.00. The molecule has 1 atom stereocenters. The summed E-state index contributed by atoms with van der Waals surface area (Å²) in [4.78, 5) is 36.8. The van der Waals surface area contributed by atoms with Crippen LogP contribution in [-0.2, 0) is 5.41 Å². The first-order chi connectivity index (χ1) is 16.6. The van der Waals surface area contributed by atoms with Gasteiger partial charge in [0.2, 0.25) is 5.95 Å². The minimum absolute atomic E-state index is 0.0243. The van der Waals surface area contributed by atoms with Gasteiger partial charge in [-0.15, -0.1) is 0 Å². The summed E-state index contributed by atoms with van der Waals surface area (Å²) in [6, 6.07) is 12.5. The zero-order valence-electron chi connectivity index (χ0n) is 18.7. The van der Waals surface area contributed by atoms with E-state index in [2.05, 4.69) is 26.1 Å². The molecule has 6 rings (SSSR count). The molecule has 0 bridgehead atoms. The molecule has 7 nitrogen and oxygen atoms in total. The predicted octanol–water partition coefficient (Wildman–Crippen LogP) is 4.69. The Hall–Kier alpha value is -3.68. The fourth-order valence-corrected chi connectivity index (χ4v) is 5.32. The number of likely N-dealkylation sites (tertiary alicyclic amines) is 1. The maximum Gasteiger partial charge on any atom is 0.253 e. The lowest BCUT2D eigenvalue weighted by atomic mass is 9.97. The van der Waals surface area contributed by atoms with Gasteiger partial charge in [0, 0.05) is 65.7 Å². The summed E-state index contributed by atoms with van der Waals surface area (Å²) in [7, 11) is 0. The van der Waals surface area contributed by atoms with Crippen molar-refractivity contribution in [1.82, 2.24) is 14.9 Å². The Bertz CT molecular complexity index is 1270. The topological polar surface area (TPSA) is 78.8 Å². The monoisotopic (exact) mass is 457 g/mol. The van der Waals surface area contributed by atoms with Gasteiger partial charge >= 0.3 is 0 Å². The van der Waals surface area contributed by atoms with E-state index < -0.39 is 0 Å². The van der Waals surface area contributed by atoms with Gasteiger partial charge < -0.3 is 9.80 Å². The summed E-state index contributed by atoms with van der Waals surface area (Å²) in [6.07, 6.45) is 6.31. The van der Waals surface area contributed by atoms with Crippen molar-refractivity contribution < 1.29 is 9.18 Å². The molecule has 3 aromatic rings. The third kappa shape index (κ3) is 3.45. The number of benzene rings is 2. The molecule has 1 spiro atoms. The van der Waals surface area contributed by atoms with Crippen molar-refractivity contribution in [2.45, 2.75) is 24.7 Å². The minimum Gasteiger partial charge on any atom is -0.338 e. The molecule has 8 heteroatoms. The third-order valence-electron chi connectivity index (χ3n) is 7.39. The lowest BCUT2D eigenvalue weighted by Gasteiger charge is -2.20. The zero-order chi connectivity index (χ0) is 23.3. The number of hydrogen-bond acceptors (Lipinski definition) is 6. The van der Waals surface area contributed by atoms with Crippen molar-refractivity contribution in [2.75, 3.05) is 31.1 Å². The average molecular weight is 458 g/mol. The molecule has 0 radical (unpaired) electrons. The number of nitrogens with zero attached hydrogens (tertiary/aromatic N) is 5. The summed E-state index contributed by atoms with van der Waals surface area (Å²) < 4.78 is 14.2. The lowest BCUT2D eigenvalue weighted by Crippen LogP contribution is -2.29. The molecule has 2 aromatic carbocycles. The standard InChI is InChI=1S/C26H24FN5O2/c27-22-4-2-1-3-20(22)19-13-28-25(29-14-19)32-16-26(8-9-26)21-6-5-18(11-23(21)32)24(33)31-10-7-17(15-31)12-30-34/h1-6,11,13-14,17H,7-10,12,15-16H2. The molecule has 1 unspecified atom stereocenters. The molecular weight excluding hydrogens is 433 g/mol. The number of aromatic nitrogens is 2. The van der Waals surface area contributed by atoms with E-state index in [1.54, 1.807) is 30.6 Å². The number of carbonyl (C=O) groups excluding carboxylic acids is 1. The molecule has 1 aromatic heterocycles. The molecule has 1 amide bonds. The summed E-state index contributed by atoms with van der Waals surface area (Å²) in [5.41, 5.74) is 4.02. The van der Waals surface area contributed by atoms with Crippen LogP contribution in [0.4, 0.5) is 16.0 Å². The van der Waals surface area contributed by atoms with E-state index in [4.69, 9.17) is 0 Å². The van der Waals surface area contributed by atoms with Gasteiger partial charge in [0.05, 0.1) is 6.54 Å². The highest BCUT2D eigenvalue weighted by molar-refractivity contribution is 5.96. The van der Waals surface area contributed by atoms with Crippen LogP contribution in [0.1, 0.15) is 35.2 Å². The molecule has 3 heterocycles. The summed E-state index contributed by atoms with van der Waals surface area (Å²) >= 11 is 0. The van der Waals surface area contributed by atoms with Crippen molar-refractivity contribution in [1.29, 1.82) is 0 Å². The van der Waals surface area contributed by atoms with Crippen LogP contribution in [0.3, 0.4) is 0 Å². The van der Waals surface area contributed by atoms with Gasteiger partial charge in [0.15, 0.2) is 0 Å². The molecule has 0 N–H and O–H groups in total. The Kier molecular flexibility index (Phi) is 4.90. The van der Waals surface area contributed by atoms with E-state index >= 15 is 0 Å². The number of halogens is 1. The normalized spacial score (nSPS) is 20.0. The first-order valence-electron chi connectivity index (χ1n) is 11.7. The zero-order valence-corrected chi connectivity index (χ0v) is 18.7. The van der Waals surface area contributed by atoms with Gasteiger partial charge in [-0.1, -0.05) is 29.4 Å². The highest BCUT2D eigenvalue weighted by atomic mass is 19.1.